The van der Waals surface area contributed by atoms with Gasteiger partial charge >= 0.3 is 0 Å². The van der Waals surface area contributed by atoms with E-state index in [4.69, 9.17) is 4.74 Å². The average Bonchev–Trinajstić information content (AvgIpc) is 2.88. The first-order chi connectivity index (χ1) is 8.19. The van der Waals surface area contributed by atoms with Crippen LogP contribution in [0.4, 0.5) is 0 Å². The highest BCUT2D eigenvalue weighted by Gasteiger charge is 2.41. The Labute approximate surface area is 127 Å². The molecule has 0 bridgehead atoms. The number of hydrogen-bond donors (Lipinski definition) is 0. The Kier molecular flexibility index (Phi) is 3.76. The largest absolute Gasteiger partial charge is 0.374 e. The van der Waals surface area contributed by atoms with Gasteiger partial charge in [0.15, 0.2) is 0 Å². The zero-order valence-electron chi connectivity index (χ0n) is 9.36. The molecule has 0 saturated carbocycles. The fourth-order valence-electron chi connectivity index (χ4n) is 2.63. The molecule has 0 aromatic carbocycles. The van der Waals surface area contributed by atoms with E-state index in [-0.39, 0.29) is 5.60 Å². The molecule has 0 amide bonds. The van der Waals surface area contributed by atoms with Crippen molar-refractivity contribution in [2.24, 2.45) is 0 Å². The van der Waals surface area contributed by atoms with E-state index in [2.05, 4.69) is 54.5 Å². The van der Waals surface area contributed by atoms with Gasteiger partial charge in [-0.15, -0.1) is 0 Å². The molecule has 3 nitrogen and oxygen atoms in total. The van der Waals surface area contributed by atoms with Crippen LogP contribution in [0.5, 0.6) is 0 Å². The Morgan fingerprint density at radius 1 is 1.65 bits per heavy atom. The highest BCUT2D eigenvalue weighted by atomic mass is 127. The third-order valence-electron chi connectivity index (χ3n) is 3.55. The standard InChI is InChI=1S/C11H14BrIN2OS/c12-9-6-15(14-10(9)13)8-1-3-16-11(5-8)2-4-17-7-11/h6,8H,1-5,7H2. The number of rotatable bonds is 1. The van der Waals surface area contributed by atoms with Gasteiger partial charge in [-0.3, -0.25) is 4.68 Å². The SMILES string of the molecule is Brc1cn(C2CCOC3(CCSC3)C2)nc1I. The summed E-state index contributed by atoms with van der Waals surface area (Å²) in [5.41, 5.74) is 0.136. The van der Waals surface area contributed by atoms with Crippen LogP contribution in [0.15, 0.2) is 10.7 Å². The zero-order chi connectivity index (χ0) is 11.9. The molecule has 1 aromatic rings. The maximum Gasteiger partial charge on any atom is 0.137 e. The van der Waals surface area contributed by atoms with Gasteiger partial charge in [0.05, 0.1) is 16.1 Å². The van der Waals surface area contributed by atoms with E-state index in [9.17, 15) is 0 Å². The molecule has 94 valence electrons. The summed E-state index contributed by atoms with van der Waals surface area (Å²) < 4.78 is 10.3. The third-order valence-corrected chi connectivity index (χ3v) is 6.90. The van der Waals surface area contributed by atoms with Crippen molar-refractivity contribution in [2.75, 3.05) is 18.1 Å². The van der Waals surface area contributed by atoms with E-state index in [1.54, 1.807) is 0 Å². The van der Waals surface area contributed by atoms with Gasteiger partial charge < -0.3 is 4.74 Å². The molecule has 1 aromatic heterocycles. The molecule has 2 aliphatic heterocycles. The van der Waals surface area contributed by atoms with Crippen LogP contribution in [0.1, 0.15) is 25.3 Å². The summed E-state index contributed by atoms with van der Waals surface area (Å²) in [6, 6.07) is 0.502. The number of hydrogen-bond acceptors (Lipinski definition) is 3. The predicted molar refractivity (Wildman–Crippen MR) is 81.5 cm³/mol. The van der Waals surface area contributed by atoms with E-state index in [1.165, 1.54) is 12.2 Å². The van der Waals surface area contributed by atoms with Crippen LogP contribution in [0.3, 0.4) is 0 Å². The molecule has 3 heterocycles. The van der Waals surface area contributed by atoms with Crippen molar-refractivity contribution < 1.29 is 4.74 Å². The first-order valence-corrected chi connectivity index (χ1v) is 8.83. The Bertz CT molecular complexity index is 400. The molecular formula is C11H14BrIN2OS. The lowest BCUT2D eigenvalue weighted by Gasteiger charge is -2.37. The number of ether oxygens (including phenoxy) is 1. The van der Waals surface area contributed by atoms with E-state index in [0.29, 0.717) is 6.04 Å². The number of nitrogens with zero attached hydrogens (tertiary/aromatic N) is 2. The van der Waals surface area contributed by atoms with Gasteiger partial charge in [0, 0.05) is 18.6 Å². The Morgan fingerprint density at radius 2 is 2.53 bits per heavy atom. The van der Waals surface area contributed by atoms with E-state index < -0.39 is 0 Å². The molecule has 6 heteroatoms. The van der Waals surface area contributed by atoms with Crippen molar-refractivity contribution in [3.05, 3.63) is 14.4 Å². The normalized spacial score (nSPS) is 33.4. The van der Waals surface area contributed by atoms with Gasteiger partial charge in [0.25, 0.3) is 0 Å². The number of halogens is 2. The van der Waals surface area contributed by atoms with Gasteiger partial charge in [-0.1, -0.05) is 0 Å². The molecule has 2 fully saturated rings. The molecule has 2 saturated heterocycles. The fourth-order valence-corrected chi connectivity index (χ4v) is 4.68. The Morgan fingerprint density at radius 3 is 3.18 bits per heavy atom. The molecule has 17 heavy (non-hydrogen) atoms. The van der Waals surface area contributed by atoms with Crippen LogP contribution in [0, 0.1) is 3.70 Å². The molecule has 0 radical (unpaired) electrons. The first-order valence-electron chi connectivity index (χ1n) is 5.80. The van der Waals surface area contributed by atoms with Crippen molar-refractivity contribution in [1.29, 1.82) is 0 Å². The van der Waals surface area contributed by atoms with E-state index in [0.717, 1.165) is 33.4 Å². The van der Waals surface area contributed by atoms with Crippen LogP contribution >= 0.6 is 50.3 Å². The molecule has 3 rings (SSSR count). The lowest BCUT2D eigenvalue weighted by molar-refractivity contribution is -0.0778. The molecule has 1 spiro atoms. The lowest BCUT2D eigenvalue weighted by atomic mass is 9.90. The predicted octanol–water partition coefficient (Wildman–Crippen LogP) is 3.48. The van der Waals surface area contributed by atoms with E-state index >= 15 is 0 Å². The highest BCUT2D eigenvalue weighted by molar-refractivity contribution is 14.1. The second-order valence-electron chi connectivity index (χ2n) is 4.73. The van der Waals surface area contributed by atoms with Gasteiger partial charge in [-0.25, -0.2) is 0 Å². The van der Waals surface area contributed by atoms with Crippen molar-refractivity contribution in [3.8, 4) is 0 Å². The molecular weight excluding hydrogens is 415 g/mol. The zero-order valence-corrected chi connectivity index (χ0v) is 13.9. The minimum Gasteiger partial charge on any atom is -0.374 e. The van der Waals surface area contributed by atoms with Crippen LogP contribution in [-0.4, -0.2) is 33.5 Å². The van der Waals surface area contributed by atoms with Crippen molar-refractivity contribution in [3.63, 3.8) is 0 Å². The van der Waals surface area contributed by atoms with Crippen molar-refractivity contribution in [2.45, 2.75) is 30.9 Å². The summed E-state index contributed by atoms with van der Waals surface area (Å²) in [7, 11) is 0. The van der Waals surface area contributed by atoms with Gasteiger partial charge in [0.2, 0.25) is 0 Å². The molecule has 2 unspecified atom stereocenters. The first kappa shape index (κ1) is 12.7. The second kappa shape index (κ2) is 5.02. The fraction of sp³-hybridized carbons (Fsp3) is 0.727. The molecule has 2 aliphatic rings. The third kappa shape index (κ3) is 2.55. The van der Waals surface area contributed by atoms with Gasteiger partial charge in [-0.2, -0.15) is 16.9 Å². The minimum absolute atomic E-state index is 0.136. The molecule has 2 atom stereocenters. The maximum atomic E-state index is 6.04. The summed E-state index contributed by atoms with van der Waals surface area (Å²) in [4.78, 5) is 0. The van der Waals surface area contributed by atoms with Crippen LogP contribution in [-0.2, 0) is 4.74 Å². The summed E-state index contributed by atoms with van der Waals surface area (Å²) >= 11 is 7.82. The average molecular weight is 429 g/mol. The lowest BCUT2D eigenvalue weighted by Crippen LogP contribution is -2.40. The number of thioether (sulfide) groups is 1. The topological polar surface area (TPSA) is 27.1 Å². The summed E-state index contributed by atoms with van der Waals surface area (Å²) in [6.07, 6.45) is 5.50. The molecule has 0 aliphatic carbocycles. The quantitative estimate of drug-likeness (QED) is 0.640. The Balaban J connectivity index is 1.79. The summed E-state index contributed by atoms with van der Waals surface area (Å²) in [5.74, 6) is 2.40. The van der Waals surface area contributed by atoms with Gasteiger partial charge in [-0.05, 0) is 63.5 Å². The maximum absolute atomic E-state index is 6.04. The monoisotopic (exact) mass is 428 g/mol. The van der Waals surface area contributed by atoms with Gasteiger partial charge in [0.1, 0.15) is 3.70 Å². The minimum atomic E-state index is 0.136. The van der Waals surface area contributed by atoms with E-state index in [1.807, 2.05) is 11.8 Å². The smallest absolute Gasteiger partial charge is 0.137 e. The van der Waals surface area contributed by atoms with Crippen LogP contribution in [0.25, 0.3) is 0 Å². The van der Waals surface area contributed by atoms with Crippen LogP contribution in [0.2, 0.25) is 0 Å². The highest BCUT2D eigenvalue weighted by Crippen LogP contribution is 2.42. The summed E-state index contributed by atoms with van der Waals surface area (Å²) in [6.45, 7) is 0.874. The Hall–Kier alpha value is 0.730. The molecule has 0 N–H and O–H groups in total. The van der Waals surface area contributed by atoms with Crippen LogP contribution < -0.4 is 0 Å². The number of aromatic nitrogens is 2. The van der Waals surface area contributed by atoms with Crippen molar-refractivity contribution in [1.82, 2.24) is 9.78 Å². The second-order valence-corrected chi connectivity index (χ2v) is 7.71. The summed E-state index contributed by atoms with van der Waals surface area (Å²) in [5, 5.41) is 4.58. The van der Waals surface area contributed by atoms with Crippen molar-refractivity contribution >= 4 is 50.3 Å².